The van der Waals surface area contributed by atoms with Gasteiger partial charge in [0.1, 0.15) is 0 Å². The third-order valence-electron chi connectivity index (χ3n) is 3.24. The molecule has 0 saturated heterocycles. The molecule has 3 rings (SSSR count). The number of pyridine rings is 1. The molecule has 1 aliphatic heterocycles. The van der Waals surface area contributed by atoms with Crippen molar-refractivity contribution in [3.63, 3.8) is 0 Å². The maximum atomic E-state index is 12.1. The summed E-state index contributed by atoms with van der Waals surface area (Å²) in [6, 6.07) is 15.3. The predicted octanol–water partition coefficient (Wildman–Crippen LogP) is 1.89. The number of carbonyl (C=O) groups is 1. The van der Waals surface area contributed by atoms with Crippen molar-refractivity contribution < 1.29 is 9.63 Å². The van der Waals surface area contributed by atoms with Crippen molar-refractivity contribution in [1.82, 2.24) is 10.3 Å². The molecular weight excluding hydrogens is 266 g/mol. The molecule has 1 aromatic carbocycles. The number of nitrogens with one attached hydrogen (secondary N) is 1. The van der Waals surface area contributed by atoms with E-state index in [9.17, 15) is 4.79 Å². The van der Waals surface area contributed by atoms with Crippen molar-refractivity contribution in [2.45, 2.75) is 19.1 Å². The number of amides is 1. The lowest BCUT2D eigenvalue weighted by molar-refractivity contribution is -0.131. The fraction of sp³-hybridized carbons (Fsp3) is 0.188. The van der Waals surface area contributed by atoms with E-state index in [1.165, 1.54) is 0 Å². The SMILES string of the molecule is O=C(NCc1ccccn1)C1CC(c2ccccc2)=NO1. The molecule has 106 valence electrons. The molecule has 0 spiro atoms. The number of nitrogens with zero attached hydrogens (tertiary/aromatic N) is 2. The summed E-state index contributed by atoms with van der Waals surface area (Å²) in [6.07, 6.45) is 1.62. The molecule has 0 saturated carbocycles. The van der Waals surface area contributed by atoms with E-state index < -0.39 is 6.10 Å². The highest BCUT2D eigenvalue weighted by Gasteiger charge is 2.28. The Labute approximate surface area is 122 Å². The second-order valence-corrected chi connectivity index (χ2v) is 4.74. The smallest absolute Gasteiger partial charge is 0.264 e. The maximum Gasteiger partial charge on any atom is 0.264 e. The summed E-state index contributed by atoms with van der Waals surface area (Å²) in [5.74, 6) is -0.171. The van der Waals surface area contributed by atoms with E-state index in [0.29, 0.717) is 13.0 Å². The minimum Gasteiger partial charge on any atom is -0.382 e. The van der Waals surface area contributed by atoms with Crippen molar-refractivity contribution in [3.05, 3.63) is 66.0 Å². The van der Waals surface area contributed by atoms with E-state index in [1.807, 2.05) is 48.5 Å². The molecule has 0 bridgehead atoms. The summed E-state index contributed by atoms with van der Waals surface area (Å²) in [5, 5.41) is 6.82. The number of hydrogen-bond acceptors (Lipinski definition) is 4. The van der Waals surface area contributed by atoms with Gasteiger partial charge >= 0.3 is 0 Å². The molecule has 0 aliphatic carbocycles. The minimum absolute atomic E-state index is 0.171. The molecule has 1 N–H and O–H groups in total. The van der Waals surface area contributed by atoms with Crippen LogP contribution in [0.1, 0.15) is 17.7 Å². The van der Waals surface area contributed by atoms with Gasteiger partial charge < -0.3 is 10.2 Å². The topological polar surface area (TPSA) is 63.6 Å². The Kier molecular flexibility index (Phi) is 3.91. The van der Waals surface area contributed by atoms with Crippen LogP contribution in [-0.2, 0) is 16.2 Å². The summed E-state index contributed by atoms with van der Waals surface area (Å²) in [5.41, 5.74) is 2.60. The van der Waals surface area contributed by atoms with Gasteiger partial charge in [-0.05, 0) is 17.7 Å². The third-order valence-corrected chi connectivity index (χ3v) is 3.24. The normalized spacial score (nSPS) is 17.0. The average molecular weight is 281 g/mol. The van der Waals surface area contributed by atoms with Crippen LogP contribution >= 0.6 is 0 Å². The van der Waals surface area contributed by atoms with Crippen molar-refractivity contribution in [2.24, 2.45) is 5.16 Å². The Morgan fingerprint density at radius 3 is 2.76 bits per heavy atom. The zero-order valence-corrected chi connectivity index (χ0v) is 11.4. The summed E-state index contributed by atoms with van der Waals surface area (Å²) < 4.78 is 0. The van der Waals surface area contributed by atoms with Gasteiger partial charge in [-0.15, -0.1) is 0 Å². The first-order chi connectivity index (χ1) is 10.3. The lowest BCUT2D eigenvalue weighted by Crippen LogP contribution is -2.34. The van der Waals surface area contributed by atoms with Gasteiger partial charge in [-0.2, -0.15) is 0 Å². The summed E-state index contributed by atoms with van der Waals surface area (Å²) in [4.78, 5) is 21.4. The van der Waals surface area contributed by atoms with Gasteiger partial charge in [-0.25, -0.2) is 0 Å². The number of carbonyl (C=O) groups excluding carboxylic acids is 1. The van der Waals surface area contributed by atoms with Gasteiger partial charge in [-0.3, -0.25) is 9.78 Å². The molecule has 0 fully saturated rings. The Balaban J connectivity index is 1.54. The zero-order chi connectivity index (χ0) is 14.5. The second kappa shape index (κ2) is 6.17. The van der Waals surface area contributed by atoms with Gasteiger partial charge in [0.05, 0.1) is 18.0 Å². The van der Waals surface area contributed by atoms with Gasteiger partial charge in [0, 0.05) is 12.6 Å². The predicted molar refractivity (Wildman–Crippen MR) is 78.6 cm³/mol. The molecule has 1 aliphatic rings. The Bertz CT molecular complexity index is 641. The Hall–Kier alpha value is -2.69. The van der Waals surface area contributed by atoms with Crippen LogP contribution in [0.25, 0.3) is 0 Å². The van der Waals surface area contributed by atoms with E-state index in [4.69, 9.17) is 4.84 Å². The Morgan fingerprint density at radius 2 is 2.00 bits per heavy atom. The highest BCUT2D eigenvalue weighted by molar-refractivity contribution is 6.04. The van der Waals surface area contributed by atoms with Crippen LogP contribution in [0.2, 0.25) is 0 Å². The molecule has 1 atom stereocenters. The van der Waals surface area contributed by atoms with Crippen LogP contribution in [0.5, 0.6) is 0 Å². The first-order valence-electron chi connectivity index (χ1n) is 6.78. The van der Waals surface area contributed by atoms with Gasteiger partial charge in [0.2, 0.25) is 6.10 Å². The van der Waals surface area contributed by atoms with Gasteiger partial charge in [0.15, 0.2) is 0 Å². The van der Waals surface area contributed by atoms with E-state index in [1.54, 1.807) is 6.20 Å². The van der Waals surface area contributed by atoms with Crippen molar-refractivity contribution in [2.75, 3.05) is 0 Å². The van der Waals surface area contributed by atoms with E-state index in [0.717, 1.165) is 17.0 Å². The highest BCUT2D eigenvalue weighted by atomic mass is 16.6. The molecule has 1 unspecified atom stereocenters. The molecule has 1 aromatic heterocycles. The van der Waals surface area contributed by atoms with Gasteiger partial charge in [-0.1, -0.05) is 41.6 Å². The Morgan fingerprint density at radius 1 is 1.19 bits per heavy atom. The fourth-order valence-corrected chi connectivity index (χ4v) is 2.11. The maximum absolute atomic E-state index is 12.1. The fourth-order valence-electron chi connectivity index (χ4n) is 2.11. The van der Waals surface area contributed by atoms with Crippen molar-refractivity contribution >= 4 is 11.6 Å². The molecule has 5 heteroatoms. The van der Waals surface area contributed by atoms with Crippen LogP contribution in [0.3, 0.4) is 0 Å². The highest BCUT2D eigenvalue weighted by Crippen LogP contribution is 2.16. The quantitative estimate of drug-likeness (QED) is 0.930. The largest absolute Gasteiger partial charge is 0.382 e. The molecule has 21 heavy (non-hydrogen) atoms. The van der Waals surface area contributed by atoms with Crippen LogP contribution < -0.4 is 5.32 Å². The van der Waals surface area contributed by atoms with Crippen molar-refractivity contribution in [1.29, 1.82) is 0 Å². The van der Waals surface area contributed by atoms with Crippen LogP contribution in [-0.4, -0.2) is 22.7 Å². The first-order valence-corrected chi connectivity index (χ1v) is 6.78. The lowest BCUT2D eigenvalue weighted by atomic mass is 10.0. The van der Waals surface area contributed by atoms with Crippen molar-refractivity contribution in [3.8, 4) is 0 Å². The van der Waals surface area contributed by atoms with E-state index in [2.05, 4.69) is 15.5 Å². The number of rotatable bonds is 4. The number of benzene rings is 1. The molecular formula is C16H15N3O2. The molecule has 2 aromatic rings. The molecule has 2 heterocycles. The summed E-state index contributed by atoms with van der Waals surface area (Å²) in [6.45, 7) is 0.389. The van der Waals surface area contributed by atoms with E-state index >= 15 is 0 Å². The summed E-state index contributed by atoms with van der Waals surface area (Å²) in [7, 11) is 0. The monoisotopic (exact) mass is 281 g/mol. The molecule has 5 nitrogen and oxygen atoms in total. The number of oxime groups is 1. The standard InChI is InChI=1S/C16H15N3O2/c20-16(18-11-13-8-4-5-9-17-13)15-10-14(19-21-15)12-6-2-1-3-7-12/h1-9,15H,10-11H2,(H,18,20). The van der Waals surface area contributed by atoms with Crippen LogP contribution in [0.15, 0.2) is 59.9 Å². The van der Waals surface area contributed by atoms with Crippen LogP contribution in [0, 0.1) is 0 Å². The second-order valence-electron chi connectivity index (χ2n) is 4.74. The first kappa shape index (κ1) is 13.3. The zero-order valence-electron chi connectivity index (χ0n) is 11.4. The van der Waals surface area contributed by atoms with Gasteiger partial charge in [0.25, 0.3) is 5.91 Å². The third kappa shape index (κ3) is 3.25. The average Bonchev–Trinajstić information content (AvgIpc) is 3.04. The number of hydrogen-bond donors (Lipinski definition) is 1. The molecule has 1 amide bonds. The minimum atomic E-state index is -0.566. The number of aromatic nitrogens is 1. The summed E-state index contributed by atoms with van der Waals surface area (Å²) >= 11 is 0. The van der Waals surface area contributed by atoms with Crippen LogP contribution in [0.4, 0.5) is 0 Å². The molecule has 0 radical (unpaired) electrons. The van der Waals surface area contributed by atoms with E-state index in [-0.39, 0.29) is 5.91 Å². The lowest BCUT2D eigenvalue weighted by Gasteiger charge is -2.09.